The van der Waals surface area contributed by atoms with E-state index < -0.39 is 17.7 Å². The summed E-state index contributed by atoms with van der Waals surface area (Å²) in [6.45, 7) is 5.34. The Kier molecular flexibility index (Phi) is 6.11. The maximum absolute atomic E-state index is 13.1. The summed E-state index contributed by atoms with van der Waals surface area (Å²) in [7, 11) is 0. The molecule has 2 amide bonds. The lowest BCUT2D eigenvalue weighted by Gasteiger charge is -2.24. The van der Waals surface area contributed by atoms with E-state index in [1.54, 1.807) is 32.9 Å². The number of alkyl carbamates (subject to hydrolysis) is 1. The van der Waals surface area contributed by atoms with Gasteiger partial charge in [-0.3, -0.25) is 4.79 Å². The fourth-order valence-electron chi connectivity index (χ4n) is 3.57. The second kappa shape index (κ2) is 8.55. The maximum Gasteiger partial charge on any atom is 0.408 e. The molecule has 0 bridgehead atoms. The van der Waals surface area contributed by atoms with Crippen LogP contribution in [0.1, 0.15) is 49.9 Å². The summed E-state index contributed by atoms with van der Waals surface area (Å²) in [4.78, 5) is 25.4. The van der Waals surface area contributed by atoms with E-state index >= 15 is 0 Å². The van der Waals surface area contributed by atoms with Gasteiger partial charge >= 0.3 is 6.09 Å². The Bertz CT molecular complexity index is 874. The van der Waals surface area contributed by atoms with E-state index in [0.29, 0.717) is 19.3 Å². The molecule has 2 aromatic carbocycles. The summed E-state index contributed by atoms with van der Waals surface area (Å²) >= 11 is 0. The minimum absolute atomic E-state index is 0.191. The third-order valence-corrected chi connectivity index (χ3v) is 4.85. The molecule has 0 radical (unpaired) electrons. The topological polar surface area (TPSA) is 87.7 Å². The van der Waals surface area contributed by atoms with E-state index in [1.807, 2.05) is 36.4 Å². The number of hydrogen-bond acceptors (Lipinski definition) is 4. The second-order valence-electron chi connectivity index (χ2n) is 8.33. The third kappa shape index (κ3) is 5.50. The summed E-state index contributed by atoms with van der Waals surface area (Å²) in [6, 6.07) is 13.9. The minimum atomic E-state index is -0.770. The van der Waals surface area contributed by atoms with Crippen LogP contribution in [0.4, 0.5) is 4.79 Å². The Labute approximate surface area is 171 Å². The lowest BCUT2D eigenvalue weighted by molar-refractivity contribution is -0.124. The molecule has 0 saturated heterocycles. The van der Waals surface area contributed by atoms with E-state index in [9.17, 15) is 14.7 Å². The van der Waals surface area contributed by atoms with E-state index in [4.69, 9.17) is 4.74 Å². The standard InChI is InChI=1S/C23H28N2O4/c1-23(2,3)29-22(28)25-19(14-15-8-5-4-6-9-15)21(27)24-18-13-12-17-16(18)10-7-11-20(17)26/h4-11,18-19,26H,12-14H2,1-3H3,(H,24,27)(H,25,28)/t18?,19-/m0/s1. The van der Waals surface area contributed by atoms with Gasteiger partial charge in [0.25, 0.3) is 0 Å². The average molecular weight is 396 g/mol. The highest BCUT2D eigenvalue weighted by Crippen LogP contribution is 2.36. The van der Waals surface area contributed by atoms with Crippen molar-refractivity contribution in [3.63, 3.8) is 0 Å². The number of phenolic OH excluding ortho intramolecular Hbond substituents is 1. The smallest absolute Gasteiger partial charge is 0.408 e. The molecule has 1 aliphatic rings. The van der Waals surface area contributed by atoms with E-state index in [-0.39, 0.29) is 17.7 Å². The van der Waals surface area contributed by atoms with Gasteiger partial charge in [-0.2, -0.15) is 0 Å². The fraction of sp³-hybridized carbons (Fsp3) is 0.391. The van der Waals surface area contributed by atoms with Gasteiger partial charge in [0.05, 0.1) is 6.04 Å². The number of aromatic hydroxyl groups is 1. The molecule has 1 aliphatic carbocycles. The lowest BCUT2D eigenvalue weighted by Crippen LogP contribution is -2.49. The average Bonchev–Trinajstić information content (AvgIpc) is 3.05. The molecule has 29 heavy (non-hydrogen) atoms. The van der Waals surface area contributed by atoms with Crippen molar-refractivity contribution >= 4 is 12.0 Å². The Hall–Kier alpha value is -3.02. The van der Waals surface area contributed by atoms with Crippen molar-refractivity contribution in [1.29, 1.82) is 0 Å². The first-order valence-electron chi connectivity index (χ1n) is 9.87. The molecule has 2 aromatic rings. The number of nitrogens with one attached hydrogen (secondary N) is 2. The van der Waals surface area contributed by atoms with Gasteiger partial charge < -0.3 is 20.5 Å². The molecule has 6 heteroatoms. The molecule has 0 fully saturated rings. The monoisotopic (exact) mass is 396 g/mol. The molecule has 2 atom stereocenters. The summed E-state index contributed by atoms with van der Waals surface area (Å²) in [5.41, 5.74) is 2.08. The molecule has 154 valence electrons. The highest BCUT2D eigenvalue weighted by molar-refractivity contribution is 5.86. The first-order valence-corrected chi connectivity index (χ1v) is 9.87. The molecule has 3 rings (SSSR count). The normalized spacial score (nSPS) is 16.6. The number of fused-ring (bicyclic) bond motifs is 1. The van der Waals surface area contributed by atoms with Crippen LogP contribution in [-0.2, 0) is 22.4 Å². The Morgan fingerprint density at radius 1 is 1.14 bits per heavy atom. The highest BCUT2D eigenvalue weighted by atomic mass is 16.6. The fourth-order valence-corrected chi connectivity index (χ4v) is 3.57. The van der Waals surface area contributed by atoms with Crippen molar-refractivity contribution in [2.75, 3.05) is 0 Å². The molecule has 6 nitrogen and oxygen atoms in total. The summed E-state index contributed by atoms with van der Waals surface area (Å²) in [6.07, 6.45) is 1.14. The number of carbonyl (C=O) groups is 2. The van der Waals surface area contributed by atoms with E-state index in [0.717, 1.165) is 16.7 Å². The number of ether oxygens (including phenoxy) is 1. The number of amides is 2. The van der Waals surface area contributed by atoms with Gasteiger partial charge in [-0.25, -0.2) is 4.79 Å². The van der Waals surface area contributed by atoms with Gasteiger partial charge in [0.1, 0.15) is 17.4 Å². The van der Waals surface area contributed by atoms with Crippen LogP contribution >= 0.6 is 0 Å². The molecule has 3 N–H and O–H groups in total. The zero-order valence-corrected chi connectivity index (χ0v) is 17.1. The number of hydrogen-bond donors (Lipinski definition) is 3. The van der Waals surface area contributed by atoms with Crippen molar-refractivity contribution < 1.29 is 19.4 Å². The van der Waals surface area contributed by atoms with Crippen molar-refractivity contribution in [3.8, 4) is 5.75 Å². The van der Waals surface area contributed by atoms with Gasteiger partial charge in [0.2, 0.25) is 5.91 Å². The largest absolute Gasteiger partial charge is 0.508 e. The molecular formula is C23H28N2O4. The van der Waals surface area contributed by atoms with E-state index in [1.165, 1.54) is 0 Å². The number of phenols is 1. The van der Waals surface area contributed by atoms with Crippen molar-refractivity contribution in [1.82, 2.24) is 10.6 Å². The van der Waals surface area contributed by atoms with Gasteiger partial charge in [-0.05, 0) is 56.4 Å². The first-order chi connectivity index (χ1) is 13.7. The zero-order valence-electron chi connectivity index (χ0n) is 17.1. The van der Waals surface area contributed by atoms with Crippen LogP contribution in [0.5, 0.6) is 5.75 Å². The zero-order chi connectivity index (χ0) is 21.0. The van der Waals surface area contributed by atoms with Crippen LogP contribution in [0.25, 0.3) is 0 Å². The van der Waals surface area contributed by atoms with Gasteiger partial charge in [0, 0.05) is 6.42 Å². The second-order valence-corrected chi connectivity index (χ2v) is 8.33. The summed E-state index contributed by atoms with van der Waals surface area (Å²) in [5.74, 6) is -0.0205. The minimum Gasteiger partial charge on any atom is -0.508 e. The Balaban J connectivity index is 1.74. The Morgan fingerprint density at radius 3 is 2.55 bits per heavy atom. The van der Waals surface area contributed by atoms with Crippen LogP contribution in [0.2, 0.25) is 0 Å². The SMILES string of the molecule is CC(C)(C)OC(=O)N[C@@H](Cc1ccccc1)C(=O)NC1CCc2c(O)cccc21. The summed E-state index contributed by atoms with van der Waals surface area (Å²) in [5, 5.41) is 15.8. The lowest BCUT2D eigenvalue weighted by atomic mass is 10.0. The van der Waals surface area contributed by atoms with Crippen LogP contribution < -0.4 is 10.6 Å². The van der Waals surface area contributed by atoms with Crippen molar-refractivity contribution in [2.24, 2.45) is 0 Å². The number of carbonyl (C=O) groups excluding carboxylic acids is 2. The maximum atomic E-state index is 13.1. The van der Waals surface area contributed by atoms with Gasteiger partial charge in [-0.1, -0.05) is 42.5 Å². The number of rotatable bonds is 5. The van der Waals surface area contributed by atoms with Crippen LogP contribution in [0, 0.1) is 0 Å². The predicted octanol–water partition coefficient (Wildman–Crippen LogP) is 3.63. The first kappa shape index (κ1) is 20.7. The molecule has 1 unspecified atom stereocenters. The Morgan fingerprint density at radius 2 is 1.86 bits per heavy atom. The van der Waals surface area contributed by atoms with Crippen LogP contribution in [0.15, 0.2) is 48.5 Å². The molecular weight excluding hydrogens is 368 g/mol. The van der Waals surface area contributed by atoms with Gasteiger partial charge in [0.15, 0.2) is 0 Å². The van der Waals surface area contributed by atoms with Gasteiger partial charge in [-0.15, -0.1) is 0 Å². The number of benzene rings is 2. The molecule has 0 spiro atoms. The van der Waals surface area contributed by atoms with E-state index in [2.05, 4.69) is 10.6 Å². The van der Waals surface area contributed by atoms with Crippen molar-refractivity contribution in [2.45, 2.75) is 57.7 Å². The quantitative estimate of drug-likeness (QED) is 0.720. The van der Waals surface area contributed by atoms with Crippen molar-refractivity contribution in [3.05, 3.63) is 65.2 Å². The molecule has 0 heterocycles. The van der Waals surface area contributed by atoms with Crippen LogP contribution in [0.3, 0.4) is 0 Å². The molecule has 0 aromatic heterocycles. The molecule has 0 aliphatic heterocycles. The molecule has 0 saturated carbocycles. The predicted molar refractivity (Wildman–Crippen MR) is 111 cm³/mol. The third-order valence-electron chi connectivity index (χ3n) is 4.85. The van der Waals surface area contributed by atoms with Crippen LogP contribution in [-0.4, -0.2) is 28.7 Å². The highest BCUT2D eigenvalue weighted by Gasteiger charge is 2.30. The summed E-state index contributed by atoms with van der Waals surface area (Å²) < 4.78 is 5.33.